The molecule has 0 unspecified atom stereocenters. The predicted octanol–water partition coefficient (Wildman–Crippen LogP) is 0.716. The van der Waals surface area contributed by atoms with Crippen molar-refractivity contribution in [2.24, 2.45) is 0 Å². The Morgan fingerprint density at radius 2 is 1.33 bits per heavy atom. The van der Waals surface area contributed by atoms with Gasteiger partial charge in [-0.1, -0.05) is 13.8 Å². The first-order valence-electron chi connectivity index (χ1n) is 3.27. The van der Waals surface area contributed by atoms with Gasteiger partial charge >= 0.3 is 0 Å². The molecule has 0 amide bonds. The zero-order valence-electron chi connectivity index (χ0n) is 6.46. The molecule has 0 aromatic heterocycles. The number of aliphatic hydroxyl groups is 1. The summed E-state index contributed by atoms with van der Waals surface area (Å²) in [5, 5.41) is 17.3. The van der Waals surface area contributed by atoms with Crippen molar-refractivity contribution in [2.45, 2.75) is 20.8 Å². The second-order valence-corrected chi connectivity index (χ2v) is 1.46. The standard InChI is InChI=1S/C4H11NO.C2H6O/c1-3-5(6)4-2;1-2-3/h6H,3-4H2,1-2H3;3H,2H2,1H3. The normalized spacial score (nSPS) is 8.67. The van der Waals surface area contributed by atoms with E-state index in [1.807, 2.05) is 13.8 Å². The van der Waals surface area contributed by atoms with Crippen LogP contribution in [-0.4, -0.2) is 35.1 Å². The molecule has 0 radical (unpaired) electrons. The fourth-order valence-corrected chi connectivity index (χ4v) is 0.224. The topological polar surface area (TPSA) is 43.7 Å². The van der Waals surface area contributed by atoms with Gasteiger partial charge in [0.05, 0.1) is 0 Å². The van der Waals surface area contributed by atoms with E-state index in [1.54, 1.807) is 6.92 Å². The minimum absolute atomic E-state index is 0.250. The molecule has 0 fully saturated rings. The van der Waals surface area contributed by atoms with Crippen molar-refractivity contribution >= 4 is 0 Å². The Hall–Kier alpha value is -0.120. The molecule has 0 bridgehead atoms. The fourth-order valence-electron chi connectivity index (χ4n) is 0.224. The summed E-state index contributed by atoms with van der Waals surface area (Å²) >= 11 is 0. The van der Waals surface area contributed by atoms with E-state index in [0.29, 0.717) is 0 Å². The van der Waals surface area contributed by atoms with Gasteiger partial charge in [0.15, 0.2) is 0 Å². The van der Waals surface area contributed by atoms with Gasteiger partial charge in [0.2, 0.25) is 0 Å². The van der Waals surface area contributed by atoms with E-state index in [2.05, 4.69) is 0 Å². The molecular formula is C6H17NO2. The summed E-state index contributed by atoms with van der Waals surface area (Å²) in [6, 6.07) is 0. The molecule has 0 heterocycles. The van der Waals surface area contributed by atoms with Crippen molar-refractivity contribution in [3.63, 3.8) is 0 Å². The molecule has 0 aliphatic heterocycles. The van der Waals surface area contributed by atoms with Crippen LogP contribution in [0, 0.1) is 0 Å². The van der Waals surface area contributed by atoms with Crippen LogP contribution in [0.15, 0.2) is 0 Å². The number of nitrogens with zero attached hydrogens (tertiary/aromatic N) is 1. The van der Waals surface area contributed by atoms with Crippen LogP contribution in [0.4, 0.5) is 0 Å². The molecule has 0 aliphatic carbocycles. The third kappa shape index (κ3) is 18.1. The molecule has 3 heteroatoms. The molecule has 0 saturated carbocycles. The zero-order valence-corrected chi connectivity index (χ0v) is 6.46. The van der Waals surface area contributed by atoms with Gasteiger partial charge in [-0.15, -0.1) is 0 Å². The van der Waals surface area contributed by atoms with Gasteiger partial charge in [-0.25, -0.2) is 0 Å². The second kappa shape index (κ2) is 10.8. The molecule has 0 rings (SSSR count). The first-order valence-corrected chi connectivity index (χ1v) is 3.27. The lowest BCUT2D eigenvalue weighted by Gasteiger charge is -2.05. The second-order valence-electron chi connectivity index (χ2n) is 1.46. The summed E-state index contributed by atoms with van der Waals surface area (Å²) < 4.78 is 0. The molecule has 58 valence electrons. The summed E-state index contributed by atoms with van der Waals surface area (Å²) in [6.07, 6.45) is 0. The summed E-state index contributed by atoms with van der Waals surface area (Å²) in [4.78, 5) is 0. The lowest BCUT2D eigenvalue weighted by atomic mass is 10.6. The maximum absolute atomic E-state index is 8.50. The molecule has 0 aromatic rings. The third-order valence-corrected chi connectivity index (χ3v) is 0.730. The SMILES string of the molecule is CCN(O)CC.CCO. The minimum Gasteiger partial charge on any atom is -0.397 e. The van der Waals surface area contributed by atoms with E-state index in [4.69, 9.17) is 10.3 Å². The molecule has 3 nitrogen and oxygen atoms in total. The van der Waals surface area contributed by atoms with Crippen LogP contribution in [0.25, 0.3) is 0 Å². The van der Waals surface area contributed by atoms with Gasteiger partial charge in [-0.2, -0.15) is 5.06 Å². The zero-order chi connectivity index (χ0) is 7.70. The monoisotopic (exact) mass is 135 g/mol. The highest BCUT2D eigenvalue weighted by Crippen LogP contribution is 1.73. The average Bonchev–Trinajstić information content (AvgIpc) is 1.88. The molecular weight excluding hydrogens is 118 g/mol. The number of aliphatic hydroxyl groups excluding tert-OH is 1. The summed E-state index contributed by atoms with van der Waals surface area (Å²) in [5.41, 5.74) is 0. The number of hydroxylamine groups is 2. The fraction of sp³-hybridized carbons (Fsp3) is 1.00. The van der Waals surface area contributed by atoms with Gasteiger partial charge in [0.25, 0.3) is 0 Å². The van der Waals surface area contributed by atoms with Gasteiger partial charge < -0.3 is 10.3 Å². The van der Waals surface area contributed by atoms with Crippen LogP contribution in [0.1, 0.15) is 20.8 Å². The predicted molar refractivity (Wildman–Crippen MR) is 37.5 cm³/mol. The van der Waals surface area contributed by atoms with Crippen molar-refractivity contribution in [3.05, 3.63) is 0 Å². The Bertz CT molecular complexity index is 38.0. The van der Waals surface area contributed by atoms with Gasteiger partial charge in [0, 0.05) is 19.7 Å². The van der Waals surface area contributed by atoms with E-state index in [-0.39, 0.29) is 6.61 Å². The van der Waals surface area contributed by atoms with E-state index in [1.165, 1.54) is 5.06 Å². The van der Waals surface area contributed by atoms with E-state index in [9.17, 15) is 0 Å². The summed E-state index contributed by atoms with van der Waals surface area (Å²) in [6.45, 7) is 7.18. The molecule has 0 spiro atoms. The van der Waals surface area contributed by atoms with Crippen molar-refractivity contribution in [1.82, 2.24) is 5.06 Å². The Morgan fingerprint density at radius 1 is 1.11 bits per heavy atom. The number of rotatable bonds is 2. The van der Waals surface area contributed by atoms with Crippen molar-refractivity contribution in [2.75, 3.05) is 19.7 Å². The Morgan fingerprint density at radius 3 is 1.33 bits per heavy atom. The molecule has 0 atom stereocenters. The molecule has 0 aliphatic rings. The smallest absolute Gasteiger partial charge is 0.0402 e. The highest BCUT2D eigenvalue weighted by Gasteiger charge is 1.84. The summed E-state index contributed by atoms with van der Waals surface area (Å²) in [5.74, 6) is 0. The van der Waals surface area contributed by atoms with Crippen molar-refractivity contribution in [3.8, 4) is 0 Å². The Labute approximate surface area is 56.9 Å². The minimum atomic E-state index is 0.250. The Balaban J connectivity index is 0. The lowest BCUT2D eigenvalue weighted by molar-refractivity contribution is -0.0813. The average molecular weight is 135 g/mol. The quantitative estimate of drug-likeness (QED) is 0.548. The van der Waals surface area contributed by atoms with E-state index < -0.39 is 0 Å². The largest absolute Gasteiger partial charge is 0.397 e. The van der Waals surface area contributed by atoms with E-state index >= 15 is 0 Å². The van der Waals surface area contributed by atoms with Gasteiger partial charge in [-0.3, -0.25) is 0 Å². The van der Waals surface area contributed by atoms with Crippen LogP contribution < -0.4 is 0 Å². The van der Waals surface area contributed by atoms with E-state index in [0.717, 1.165) is 13.1 Å². The maximum Gasteiger partial charge on any atom is 0.0402 e. The van der Waals surface area contributed by atoms with Crippen LogP contribution in [-0.2, 0) is 0 Å². The molecule has 0 saturated heterocycles. The van der Waals surface area contributed by atoms with Crippen molar-refractivity contribution < 1.29 is 10.3 Å². The highest BCUT2D eigenvalue weighted by molar-refractivity contribution is 4.26. The van der Waals surface area contributed by atoms with Gasteiger partial charge in [0.1, 0.15) is 0 Å². The first kappa shape index (κ1) is 11.6. The van der Waals surface area contributed by atoms with Crippen LogP contribution in [0.3, 0.4) is 0 Å². The molecule has 2 N–H and O–H groups in total. The third-order valence-electron chi connectivity index (χ3n) is 0.730. The number of hydrogen-bond acceptors (Lipinski definition) is 3. The van der Waals surface area contributed by atoms with Crippen LogP contribution >= 0.6 is 0 Å². The lowest BCUT2D eigenvalue weighted by Crippen LogP contribution is -2.16. The van der Waals surface area contributed by atoms with Crippen LogP contribution in [0.2, 0.25) is 0 Å². The van der Waals surface area contributed by atoms with Gasteiger partial charge in [-0.05, 0) is 6.92 Å². The first-order chi connectivity index (χ1) is 4.22. The summed E-state index contributed by atoms with van der Waals surface area (Å²) in [7, 11) is 0. The molecule has 0 aromatic carbocycles. The Kier molecular flexibility index (Phi) is 14.0. The maximum atomic E-state index is 8.50. The number of hydrogen-bond donors (Lipinski definition) is 2. The van der Waals surface area contributed by atoms with Crippen molar-refractivity contribution in [1.29, 1.82) is 0 Å². The highest BCUT2D eigenvalue weighted by atomic mass is 16.5. The molecule has 9 heavy (non-hydrogen) atoms. The van der Waals surface area contributed by atoms with Crippen LogP contribution in [0.5, 0.6) is 0 Å².